The van der Waals surface area contributed by atoms with E-state index in [1.165, 1.54) is 10.8 Å². The molecular formula is C19H18N4O4S. The average molecular weight is 398 g/mol. The lowest BCUT2D eigenvalue weighted by Gasteiger charge is -2.34. The number of piperazine rings is 1. The van der Waals surface area contributed by atoms with Crippen molar-refractivity contribution in [1.82, 2.24) is 19.4 Å². The normalized spacial score (nSPS) is 14.4. The minimum absolute atomic E-state index is 0.134. The number of aromatic nitrogens is 2. The van der Waals surface area contributed by atoms with Gasteiger partial charge in [-0.2, -0.15) is 0 Å². The Bertz CT molecular complexity index is 1140. The van der Waals surface area contributed by atoms with Crippen LogP contribution in [0.3, 0.4) is 0 Å². The molecule has 4 rings (SSSR count). The molecule has 144 valence electrons. The van der Waals surface area contributed by atoms with Crippen molar-refractivity contribution in [2.45, 2.75) is 6.54 Å². The van der Waals surface area contributed by atoms with Gasteiger partial charge in [-0.25, -0.2) is 0 Å². The molecule has 28 heavy (non-hydrogen) atoms. The van der Waals surface area contributed by atoms with Gasteiger partial charge in [-0.1, -0.05) is 12.1 Å². The van der Waals surface area contributed by atoms with Gasteiger partial charge in [0, 0.05) is 26.2 Å². The molecule has 0 atom stereocenters. The van der Waals surface area contributed by atoms with Gasteiger partial charge in [0.25, 0.3) is 11.5 Å². The molecule has 0 saturated carbocycles. The third-order valence-electron chi connectivity index (χ3n) is 4.83. The van der Waals surface area contributed by atoms with Crippen molar-refractivity contribution in [2.24, 2.45) is 0 Å². The molecule has 3 aromatic rings. The molecule has 0 unspecified atom stereocenters. The molecule has 0 spiro atoms. The lowest BCUT2D eigenvalue weighted by Crippen LogP contribution is -2.51. The summed E-state index contributed by atoms with van der Waals surface area (Å²) in [4.78, 5) is 44.0. The van der Waals surface area contributed by atoms with Crippen LogP contribution in [0.2, 0.25) is 0 Å². The summed E-state index contributed by atoms with van der Waals surface area (Å²) in [7, 11) is 0. The number of fused-ring (bicyclic) bond motifs is 1. The van der Waals surface area contributed by atoms with E-state index >= 15 is 0 Å². The highest BCUT2D eigenvalue weighted by molar-refractivity contribution is 7.71. The number of furan rings is 1. The number of para-hydroxylation sites is 1. The predicted octanol–water partition coefficient (Wildman–Crippen LogP) is 1.64. The van der Waals surface area contributed by atoms with Gasteiger partial charge in [-0.3, -0.25) is 19.0 Å². The minimum atomic E-state index is -0.292. The first-order chi connectivity index (χ1) is 13.5. The van der Waals surface area contributed by atoms with Crippen LogP contribution in [0, 0.1) is 4.77 Å². The Morgan fingerprint density at radius 3 is 2.46 bits per heavy atom. The van der Waals surface area contributed by atoms with Gasteiger partial charge < -0.3 is 19.2 Å². The highest BCUT2D eigenvalue weighted by atomic mass is 32.1. The monoisotopic (exact) mass is 398 g/mol. The highest BCUT2D eigenvalue weighted by Crippen LogP contribution is 2.10. The zero-order valence-corrected chi connectivity index (χ0v) is 15.8. The predicted molar refractivity (Wildman–Crippen MR) is 105 cm³/mol. The number of nitrogens with one attached hydrogen (secondary N) is 1. The minimum Gasteiger partial charge on any atom is -0.459 e. The van der Waals surface area contributed by atoms with Crippen molar-refractivity contribution in [3.63, 3.8) is 0 Å². The van der Waals surface area contributed by atoms with Gasteiger partial charge >= 0.3 is 0 Å². The zero-order valence-electron chi connectivity index (χ0n) is 15.0. The van der Waals surface area contributed by atoms with Crippen molar-refractivity contribution in [3.8, 4) is 0 Å². The first-order valence-electron chi connectivity index (χ1n) is 8.87. The maximum atomic E-state index is 12.7. The van der Waals surface area contributed by atoms with E-state index < -0.39 is 0 Å². The lowest BCUT2D eigenvalue weighted by atomic mass is 10.2. The van der Waals surface area contributed by atoms with Crippen molar-refractivity contribution in [1.29, 1.82) is 0 Å². The summed E-state index contributed by atoms with van der Waals surface area (Å²) < 4.78 is 6.63. The Balaban J connectivity index is 1.46. The van der Waals surface area contributed by atoms with Crippen LogP contribution in [0.15, 0.2) is 51.9 Å². The van der Waals surface area contributed by atoms with Gasteiger partial charge in [0.1, 0.15) is 6.54 Å². The standard InChI is InChI=1S/C19H18N4O4S/c24-16(12-23-17(25)13-4-1-2-5-14(13)20-19(23)28)21-7-9-22(10-8-21)18(26)15-6-3-11-27-15/h1-6,11H,7-10,12H2,(H,20,28). The summed E-state index contributed by atoms with van der Waals surface area (Å²) >= 11 is 5.26. The van der Waals surface area contributed by atoms with Crippen LogP contribution >= 0.6 is 12.2 Å². The summed E-state index contributed by atoms with van der Waals surface area (Å²) in [6, 6.07) is 10.3. The van der Waals surface area contributed by atoms with Crippen LogP contribution in [0.4, 0.5) is 0 Å². The second-order valence-corrected chi connectivity index (χ2v) is 6.90. The maximum Gasteiger partial charge on any atom is 0.289 e. The van der Waals surface area contributed by atoms with Crippen molar-refractivity contribution < 1.29 is 14.0 Å². The highest BCUT2D eigenvalue weighted by Gasteiger charge is 2.26. The van der Waals surface area contributed by atoms with Crippen LogP contribution in [-0.2, 0) is 11.3 Å². The number of amides is 2. The van der Waals surface area contributed by atoms with E-state index in [9.17, 15) is 14.4 Å². The van der Waals surface area contributed by atoms with Crippen molar-refractivity contribution in [2.75, 3.05) is 26.2 Å². The molecule has 1 aliphatic heterocycles. The quantitative estimate of drug-likeness (QED) is 0.677. The Labute approximate surface area is 165 Å². The molecule has 1 N–H and O–H groups in total. The smallest absolute Gasteiger partial charge is 0.289 e. The molecule has 8 nitrogen and oxygen atoms in total. The Hall–Kier alpha value is -3.20. The molecule has 3 heterocycles. The van der Waals surface area contributed by atoms with Crippen molar-refractivity contribution >= 4 is 34.9 Å². The van der Waals surface area contributed by atoms with E-state index in [2.05, 4.69) is 4.98 Å². The van der Waals surface area contributed by atoms with Crippen LogP contribution in [-0.4, -0.2) is 57.3 Å². The molecule has 2 aromatic heterocycles. The lowest BCUT2D eigenvalue weighted by molar-refractivity contribution is -0.133. The molecule has 0 aliphatic carbocycles. The summed E-state index contributed by atoms with van der Waals surface area (Å²) in [5, 5.41) is 0.484. The second kappa shape index (κ2) is 7.43. The number of hydrogen-bond acceptors (Lipinski definition) is 5. The molecular weight excluding hydrogens is 380 g/mol. The van der Waals surface area contributed by atoms with Crippen LogP contribution in [0.5, 0.6) is 0 Å². The van der Waals surface area contributed by atoms with Gasteiger partial charge in [0.05, 0.1) is 17.2 Å². The SMILES string of the molecule is O=C(Cn1c(=S)[nH]c2ccccc2c1=O)N1CCN(C(=O)c2ccco2)CC1. The Morgan fingerprint density at radius 2 is 1.75 bits per heavy atom. The first-order valence-corrected chi connectivity index (χ1v) is 9.28. The van der Waals surface area contributed by atoms with Gasteiger partial charge in [-0.15, -0.1) is 0 Å². The molecule has 1 saturated heterocycles. The zero-order chi connectivity index (χ0) is 19.7. The Morgan fingerprint density at radius 1 is 1.04 bits per heavy atom. The molecule has 0 radical (unpaired) electrons. The number of rotatable bonds is 3. The maximum absolute atomic E-state index is 12.7. The largest absolute Gasteiger partial charge is 0.459 e. The molecule has 1 aliphatic rings. The number of carbonyl (C=O) groups is 2. The van der Waals surface area contributed by atoms with E-state index in [1.54, 1.807) is 40.1 Å². The molecule has 1 aromatic carbocycles. The fourth-order valence-corrected chi connectivity index (χ4v) is 3.55. The number of aromatic amines is 1. The summed E-state index contributed by atoms with van der Waals surface area (Å²) in [5.41, 5.74) is 0.352. The van der Waals surface area contributed by atoms with E-state index in [0.717, 1.165) is 0 Å². The fraction of sp³-hybridized carbons (Fsp3) is 0.263. The number of hydrogen-bond donors (Lipinski definition) is 1. The van der Waals surface area contributed by atoms with Gasteiger partial charge in [0.2, 0.25) is 5.91 Å². The number of nitrogens with zero attached hydrogens (tertiary/aromatic N) is 3. The summed E-state index contributed by atoms with van der Waals surface area (Å²) in [6.45, 7) is 1.47. The van der Waals surface area contributed by atoms with E-state index in [0.29, 0.717) is 37.1 Å². The molecule has 2 amide bonds. The molecule has 1 fully saturated rings. The van der Waals surface area contributed by atoms with Crippen LogP contribution in [0.25, 0.3) is 10.9 Å². The second-order valence-electron chi connectivity index (χ2n) is 6.52. The van der Waals surface area contributed by atoms with E-state index in [1.807, 2.05) is 6.07 Å². The molecule has 0 bridgehead atoms. The summed E-state index contributed by atoms with van der Waals surface area (Å²) in [6.07, 6.45) is 1.46. The van der Waals surface area contributed by atoms with Crippen molar-refractivity contribution in [3.05, 3.63) is 63.5 Å². The first kappa shape index (κ1) is 18.2. The number of H-pyrrole nitrogens is 1. The average Bonchev–Trinajstić information content (AvgIpc) is 3.25. The fourth-order valence-electron chi connectivity index (χ4n) is 3.29. The summed E-state index contributed by atoms with van der Waals surface area (Å²) in [5.74, 6) is -0.110. The molecule has 9 heteroatoms. The van der Waals surface area contributed by atoms with Crippen LogP contribution in [0.1, 0.15) is 10.6 Å². The van der Waals surface area contributed by atoms with E-state index in [4.69, 9.17) is 16.6 Å². The third-order valence-corrected chi connectivity index (χ3v) is 5.16. The van der Waals surface area contributed by atoms with Crippen LogP contribution < -0.4 is 5.56 Å². The number of carbonyl (C=O) groups excluding carboxylic acids is 2. The third kappa shape index (κ3) is 3.36. The van der Waals surface area contributed by atoms with E-state index in [-0.39, 0.29) is 34.4 Å². The topological polar surface area (TPSA) is 91.5 Å². The number of benzene rings is 1. The van der Waals surface area contributed by atoms with Gasteiger partial charge in [0.15, 0.2) is 10.5 Å². The van der Waals surface area contributed by atoms with Gasteiger partial charge in [-0.05, 0) is 36.5 Å². The Kier molecular flexibility index (Phi) is 4.82.